The number of halogens is 1. The van der Waals surface area contributed by atoms with Crippen molar-refractivity contribution in [1.82, 2.24) is 9.97 Å². The lowest BCUT2D eigenvalue weighted by Gasteiger charge is -2.28. The van der Waals surface area contributed by atoms with E-state index in [1.165, 1.54) is 38.5 Å². The first-order chi connectivity index (χ1) is 9.20. The first-order valence-electron chi connectivity index (χ1n) is 7.47. The highest BCUT2D eigenvalue weighted by Gasteiger charge is 2.19. The van der Waals surface area contributed by atoms with E-state index in [1.807, 2.05) is 6.07 Å². The maximum Gasteiger partial charge on any atom is 0.134 e. The molecular formula is C15H24ClN3. The molecule has 1 aromatic rings. The van der Waals surface area contributed by atoms with Gasteiger partial charge in [-0.25, -0.2) is 9.97 Å². The first-order valence-corrected chi connectivity index (χ1v) is 7.84. The van der Waals surface area contributed by atoms with Gasteiger partial charge in [0.2, 0.25) is 0 Å². The fourth-order valence-corrected chi connectivity index (χ4v) is 3.00. The smallest absolute Gasteiger partial charge is 0.134 e. The molecule has 1 aliphatic rings. The van der Waals surface area contributed by atoms with Gasteiger partial charge >= 0.3 is 0 Å². The Morgan fingerprint density at radius 1 is 1.21 bits per heavy atom. The molecule has 1 aliphatic carbocycles. The molecule has 2 rings (SSSR count). The molecule has 106 valence electrons. The lowest BCUT2D eigenvalue weighted by molar-refractivity contribution is 0.548. The van der Waals surface area contributed by atoms with Gasteiger partial charge in [-0.2, -0.15) is 0 Å². The second-order valence-electron chi connectivity index (χ2n) is 5.47. The maximum absolute atomic E-state index is 6.12. The summed E-state index contributed by atoms with van der Waals surface area (Å²) in [5.41, 5.74) is 0. The third kappa shape index (κ3) is 4.07. The minimum absolute atomic E-state index is 0.564. The molecule has 0 spiro atoms. The van der Waals surface area contributed by atoms with Crippen molar-refractivity contribution in [2.24, 2.45) is 0 Å². The van der Waals surface area contributed by atoms with Crippen molar-refractivity contribution in [3.63, 3.8) is 0 Å². The molecule has 4 heteroatoms. The van der Waals surface area contributed by atoms with Crippen molar-refractivity contribution in [2.45, 2.75) is 64.3 Å². The number of hydrogen-bond donors (Lipinski definition) is 0. The average molecular weight is 282 g/mol. The van der Waals surface area contributed by atoms with Gasteiger partial charge < -0.3 is 4.90 Å². The van der Waals surface area contributed by atoms with Crippen LogP contribution in [-0.4, -0.2) is 23.1 Å². The summed E-state index contributed by atoms with van der Waals surface area (Å²) in [6.45, 7) is 2.14. The van der Waals surface area contributed by atoms with Gasteiger partial charge in [-0.05, 0) is 19.3 Å². The zero-order valence-electron chi connectivity index (χ0n) is 12.0. The summed E-state index contributed by atoms with van der Waals surface area (Å²) in [7, 11) is 2.14. The van der Waals surface area contributed by atoms with Crippen molar-refractivity contribution in [3.05, 3.63) is 17.0 Å². The summed E-state index contributed by atoms with van der Waals surface area (Å²) in [6.07, 6.45) is 9.87. The van der Waals surface area contributed by atoms with E-state index in [1.54, 1.807) is 0 Å². The minimum atomic E-state index is 0.564. The Balaban J connectivity index is 2.14. The Hall–Kier alpha value is -0.830. The highest BCUT2D eigenvalue weighted by Crippen LogP contribution is 2.25. The quantitative estimate of drug-likeness (QED) is 0.610. The molecule has 1 saturated carbocycles. The molecule has 1 fully saturated rings. The van der Waals surface area contributed by atoms with Crippen molar-refractivity contribution < 1.29 is 0 Å². The number of anilines is 1. The van der Waals surface area contributed by atoms with E-state index in [4.69, 9.17) is 11.6 Å². The summed E-state index contributed by atoms with van der Waals surface area (Å²) in [5.74, 6) is 1.85. The summed E-state index contributed by atoms with van der Waals surface area (Å²) in [4.78, 5) is 11.3. The number of hydrogen-bond acceptors (Lipinski definition) is 3. The Bertz CT molecular complexity index is 400. The van der Waals surface area contributed by atoms with Gasteiger partial charge in [0.15, 0.2) is 0 Å². The molecule has 0 N–H and O–H groups in total. The predicted molar refractivity (Wildman–Crippen MR) is 80.9 cm³/mol. The average Bonchev–Trinajstić information content (AvgIpc) is 2.66. The van der Waals surface area contributed by atoms with E-state index in [0.29, 0.717) is 11.2 Å². The van der Waals surface area contributed by atoms with Gasteiger partial charge in [0.25, 0.3) is 0 Å². The van der Waals surface area contributed by atoms with Crippen LogP contribution in [0.3, 0.4) is 0 Å². The van der Waals surface area contributed by atoms with Crippen LogP contribution in [0.4, 0.5) is 5.82 Å². The van der Waals surface area contributed by atoms with Gasteiger partial charge in [-0.15, -0.1) is 0 Å². The first kappa shape index (κ1) is 14.6. The van der Waals surface area contributed by atoms with E-state index in [-0.39, 0.29) is 0 Å². The Morgan fingerprint density at radius 3 is 2.53 bits per heavy atom. The Labute approximate surface area is 121 Å². The van der Waals surface area contributed by atoms with Gasteiger partial charge in [-0.1, -0.05) is 44.2 Å². The van der Waals surface area contributed by atoms with Gasteiger partial charge in [-0.3, -0.25) is 0 Å². The van der Waals surface area contributed by atoms with Gasteiger partial charge in [0.05, 0.1) is 0 Å². The molecule has 19 heavy (non-hydrogen) atoms. The van der Waals surface area contributed by atoms with Crippen LogP contribution in [0.2, 0.25) is 5.15 Å². The van der Waals surface area contributed by atoms with Gasteiger partial charge in [0, 0.05) is 25.6 Å². The fourth-order valence-electron chi connectivity index (χ4n) is 2.80. The fraction of sp³-hybridized carbons (Fsp3) is 0.733. The van der Waals surface area contributed by atoms with Crippen LogP contribution in [0.15, 0.2) is 6.07 Å². The lowest BCUT2D eigenvalue weighted by Crippen LogP contribution is -2.32. The van der Waals surface area contributed by atoms with Crippen LogP contribution >= 0.6 is 11.6 Å². The third-order valence-corrected chi connectivity index (χ3v) is 4.13. The molecule has 0 atom stereocenters. The normalized spacial score (nSPS) is 17.2. The summed E-state index contributed by atoms with van der Waals surface area (Å²) < 4.78 is 0. The number of aromatic nitrogens is 2. The third-order valence-electron chi connectivity index (χ3n) is 3.94. The number of nitrogens with zero attached hydrogens (tertiary/aromatic N) is 3. The summed E-state index contributed by atoms with van der Waals surface area (Å²) in [6, 6.07) is 2.49. The largest absolute Gasteiger partial charge is 0.357 e. The molecule has 0 saturated heterocycles. The van der Waals surface area contributed by atoms with E-state index in [0.717, 1.165) is 24.5 Å². The summed E-state index contributed by atoms with van der Waals surface area (Å²) in [5, 5.41) is 0.564. The van der Waals surface area contributed by atoms with Crippen LogP contribution in [0.25, 0.3) is 0 Å². The van der Waals surface area contributed by atoms with Crippen LogP contribution in [0, 0.1) is 0 Å². The second kappa shape index (κ2) is 7.09. The van der Waals surface area contributed by atoms with E-state index < -0.39 is 0 Å². The van der Waals surface area contributed by atoms with Crippen LogP contribution in [0.5, 0.6) is 0 Å². The van der Waals surface area contributed by atoms with E-state index in [9.17, 15) is 0 Å². The maximum atomic E-state index is 6.12. The number of aryl methyl sites for hydroxylation is 1. The molecule has 0 aliphatic heterocycles. The van der Waals surface area contributed by atoms with Gasteiger partial charge in [0.1, 0.15) is 16.8 Å². The zero-order chi connectivity index (χ0) is 13.7. The molecule has 0 amide bonds. The van der Waals surface area contributed by atoms with Crippen molar-refractivity contribution in [1.29, 1.82) is 0 Å². The van der Waals surface area contributed by atoms with E-state index >= 15 is 0 Å². The Kier molecular flexibility index (Phi) is 5.44. The van der Waals surface area contributed by atoms with Crippen molar-refractivity contribution in [3.8, 4) is 0 Å². The van der Waals surface area contributed by atoms with Crippen molar-refractivity contribution >= 4 is 17.4 Å². The summed E-state index contributed by atoms with van der Waals surface area (Å²) >= 11 is 6.12. The van der Waals surface area contributed by atoms with Crippen molar-refractivity contribution in [2.75, 3.05) is 11.9 Å². The minimum Gasteiger partial charge on any atom is -0.357 e. The lowest BCUT2D eigenvalue weighted by atomic mass is 10.1. The predicted octanol–water partition coefficient (Wildman–Crippen LogP) is 4.24. The monoisotopic (exact) mass is 281 g/mol. The van der Waals surface area contributed by atoms with Crippen LogP contribution < -0.4 is 4.90 Å². The molecular weight excluding hydrogens is 258 g/mol. The standard InChI is InChI=1S/C15H24ClN3/c1-3-8-14-17-13(16)11-15(18-14)19(2)12-9-6-4-5-7-10-12/h11-12H,3-10H2,1-2H3. The van der Waals surface area contributed by atoms with Crippen LogP contribution in [-0.2, 0) is 6.42 Å². The number of rotatable bonds is 4. The molecule has 0 radical (unpaired) electrons. The SMILES string of the molecule is CCCc1nc(Cl)cc(N(C)C2CCCCCC2)n1. The second-order valence-corrected chi connectivity index (χ2v) is 5.86. The molecule has 0 unspecified atom stereocenters. The zero-order valence-corrected chi connectivity index (χ0v) is 12.8. The molecule has 0 aromatic carbocycles. The molecule has 1 heterocycles. The molecule has 0 bridgehead atoms. The Morgan fingerprint density at radius 2 is 1.89 bits per heavy atom. The van der Waals surface area contributed by atoms with E-state index in [2.05, 4.69) is 28.8 Å². The molecule has 1 aromatic heterocycles. The molecule has 3 nitrogen and oxygen atoms in total. The highest BCUT2D eigenvalue weighted by molar-refractivity contribution is 6.29. The van der Waals surface area contributed by atoms with Crippen LogP contribution in [0.1, 0.15) is 57.7 Å². The highest BCUT2D eigenvalue weighted by atomic mass is 35.5. The topological polar surface area (TPSA) is 29.0 Å².